The van der Waals surface area contributed by atoms with E-state index in [1.807, 2.05) is 42.5 Å². The second kappa shape index (κ2) is 5.60. The van der Waals surface area contributed by atoms with Crippen LogP contribution >= 0.6 is 15.9 Å². The number of nitrogen functional groups attached to an aromatic ring is 1. The second-order valence-corrected chi connectivity index (χ2v) is 5.66. The van der Waals surface area contributed by atoms with Crippen molar-refractivity contribution in [1.29, 1.82) is 10.5 Å². The van der Waals surface area contributed by atoms with Crippen molar-refractivity contribution in [3.8, 4) is 23.3 Å². The molecule has 0 saturated heterocycles. The van der Waals surface area contributed by atoms with Crippen molar-refractivity contribution in [2.45, 2.75) is 0 Å². The Morgan fingerprint density at radius 2 is 1.74 bits per heavy atom. The van der Waals surface area contributed by atoms with Crippen LogP contribution in [0.1, 0.15) is 11.1 Å². The number of nitrogens with zero attached hydrogens (tertiary/aromatic N) is 2. The number of H-pyrrole nitrogens is 1. The highest BCUT2D eigenvalue weighted by molar-refractivity contribution is 9.10. The maximum Gasteiger partial charge on any atom is 0.268 e. The van der Waals surface area contributed by atoms with Gasteiger partial charge in [-0.3, -0.25) is 4.79 Å². The van der Waals surface area contributed by atoms with E-state index in [-0.39, 0.29) is 22.5 Å². The van der Waals surface area contributed by atoms with Gasteiger partial charge in [-0.2, -0.15) is 10.5 Å². The van der Waals surface area contributed by atoms with Crippen LogP contribution in [0, 0.1) is 22.7 Å². The third kappa shape index (κ3) is 2.26. The first-order valence-electron chi connectivity index (χ1n) is 6.62. The van der Waals surface area contributed by atoms with Gasteiger partial charge in [-0.1, -0.05) is 36.4 Å². The zero-order valence-corrected chi connectivity index (χ0v) is 13.3. The minimum absolute atomic E-state index is 0.0495. The summed E-state index contributed by atoms with van der Waals surface area (Å²) in [5.41, 5.74) is 5.91. The summed E-state index contributed by atoms with van der Waals surface area (Å²) in [6, 6.07) is 15.1. The summed E-state index contributed by atoms with van der Waals surface area (Å²) in [5, 5.41) is 20.7. The summed E-state index contributed by atoms with van der Waals surface area (Å²) in [7, 11) is 0. The molecule has 3 aromatic rings. The predicted octanol–water partition coefficient (Wildman–Crippen LogP) is 3.28. The van der Waals surface area contributed by atoms with E-state index in [0.29, 0.717) is 10.0 Å². The van der Waals surface area contributed by atoms with Crippen LogP contribution in [0.15, 0.2) is 45.7 Å². The van der Waals surface area contributed by atoms with E-state index in [9.17, 15) is 15.3 Å². The van der Waals surface area contributed by atoms with Crippen LogP contribution in [0.2, 0.25) is 0 Å². The zero-order chi connectivity index (χ0) is 16.6. The third-order valence-electron chi connectivity index (χ3n) is 3.60. The largest absolute Gasteiger partial charge is 0.384 e. The molecule has 0 atom stereocenters. The van der Waals surface area contributed by atoms with Crippen LogP contribution in [0.25, 0.3) is 21.9 Å². The van der Waals surface area contributed by atoms with Gasteiger partial charge in [-0.25, -0.2) is 0 Å². The first-order chi connectivity index (χ1) is 11.1. The van der Waals surface area contributed by atoms with Crippen LogP contribution < -0.4 is 11.3 Å². The summed E-state index contributed by atoms with van der Waals surface area (Å²) in [6.45, 7) is 0. The number of nitrogens with one attached hydrogen (secondary N) is 1. The monoisotopic (exact) mass is 364 g/mol. The van der Waals surface area contributed by atoms with Gasteiger partial charge in [0.25, 0.3) is 5.56 Å². The molecular formula is C17H9BrN4O. The Hall–Kier alpha value is -3.09. The first-order valence-corrected chi connectivity index (χ1v) is 7.41. The Kier molecular flexibility index (Phi) is 3.61. The van der Waals surface area contributed by atoms with Gasteiger partial charge in [0.1, 0.15) is 29.1 Å². The number of pyridine rings is 1. The topological polar surface area (TPSA) is 106 Å². The molecule has 0 aliphatic rings. The molecule has 0 spiro atoms. The lowest BCUT2D eigenvalue weighted by atomic mass is 9.94. The van der Waals surface area contributed by atoms with Crippen LogP contribution in [0.5, 0.6) is 0 Å². The van der Waals surface area contributed by atoms with Gasteiger partial charge >= 0.3 is 0 Å². The molecule has 23 heavy (non-hydrogen) atoms. The van der Waals surface area contributed by atoms with Crippen LogP contribution in [0.3, 0.4) is 0 Å². The molecule has 0 bridgehead atoms. The number of nitriles is 2. The number of fused-ring (bicyclic) bond motifs is 1. The van der Waals surface area contributed by atoms with Gasteiger partial charge in [0.05, 0.1) is 0 Å². The lowest BCUT2D eigenvalue weighted by Crippen LogP contribution is -2.16. The summed E-state index contributed by atoms with van der Waals surface area (Å²) >= 11 is 3.52. The van der Waals surface area contributed by atoms with Crippen molar-refractivity contribution < 1.29 is 0 Å². The van der Waals surface area contributed by atoms with Crippen molar-refractivity contribution >= 4 is 32.5 Å². The fraction of sp³-hybridized carbons (Fsp3) is 0. The molecule has 1 heterocycles. The van der Waals surface area contributed by atoms with Gasteiger partial charge in [-0.05, 0) is 32.3 Å². The minimum atomic E-state index is -0.612. The smallest absolute Gasteiger partial charge is 0.268 e. The number of rotatable bonds is 1. The second-order valence-electron chi connectivity index (χ2n) is 4.86. The highest BCUT2D eigenvalue weighted by Crippen LogP contribution is 2.37. The quantitative estimate of drug-likeness (QED) is 0.690. The van der Waals surface area contributed by atoms with E-state index >= 15 is 0 Å². The van der Waals surface area contributed by atoms with Crippen molar-refractivity contribution in [1.82, 2.24) is 4.98 Å². The maximum atomic E-state index is 12.0. The molecule has 6 heteroatoms. The molecule has 3 rings (SSSR count). The molecule has 1 aromatic heterocycles. The molecule has 2 aromatic carbocycles. The molecule has 0 aliphatic heterocycles. The number of aromatic nitrogens is 1. The lowest BCUT2D eigenvalue weighted by molar-refractivity contribution is 1.21. The fourth-order valence-electron chi connectivity index (χ4n) is 2.54. The standard InChI is InChI=1S/C17H9BrN4O/c18-15-10-4-2-1-3-9(10)5-6-11(15)14-12(7-19)16(21)22-17(23)13(14)8-20/h1-6H,(H3,21,22,23). The number of hydrogen-bond donors (Lipinski definition) is 2. The third-order valence-corrected chi connectivity index (χ3v) is 4.46. The Bertz CT molecular complexity index is 1090. The average molecular weight is 365 g/mol. The zero-order valence-electron chi connectivity index (χ0n) is 11.7. The lowest BCUT2D eigenvalue weighted by Gasteiger charge is -2.12. The summed E-state index contributed by atoms with van der Waals surface area (Å²) < 4.78 is 0.702. The van der Waals surface area contributed by atoms with Gasteiger partial charge in [0, 0.05) is 10.0 Å². The number of nitrogens with two attached hydrogens (primary N) is 1. The van der Waals surface area contributed by atoms with E-state index < -0.39 is 5.56 Å². The maximum absolute atomic E-state index is 12.0. The Morgan fingerprint density at radius 3 is 2.43 bits per heavy atom. The summed E-state index contributed by atoms with van der Waals surface area (Å²) in [5.74, 6) is -0.0495. The molecular weight excluding hydrogens is 356 g/mol. The molecule has 3 N–H and O–H groups in total. The Labute approximate surface area is 139 Å². The average Bonchev–Trinajstić information content (AvgIpc) is 2.55. The van der Waals surface area contributed by atoms with Crippen molar-refractivity contribution in [3.05, 3.63) is 62.4 Å². The SMILES string of the molecule is N#Cc1c(N)[nH]c(=O)c(C#N)c1-c1ccc2ccccc2c1Br. The minimum Gasteiger partial charge on any atom is -0.384 e. The predicted molar refractivity (Wildman–Crippen MR) is 91.5 cm³/mol. The number of hydrogen-bond acceptors (Lipinski definition) is 4. The molecule has 0 saturated carbocycles. The van der Waals surface area contributed by atoms with E-state index in [0.717, 1.165) is 10.8 Å². The molecule has 5 nitrogen and oxygen atoms in total. The van der Waals surface area contributed by atoms with Crippen LogP contribution in [-0.4, -0.2) is 4.98 Å². The molecule has 0 fully saturated rings. The summed E-state index contributed by atoms with van der Waals surface area (Å²) in [6.07, 6.45) is 0. The van der Waals surface area contributed by atoms with Crippen LogP contribution in [0.4, 0.5) is 5.82 Å². The van der Waals surface area contributed by atoms with Gasteiger partial charge in [0.2, 0.25) is 0 Å². The first kappa shape index (κ1) is 14.8. The number of anilines is 1. The molecule has 0 amide bonds. The van der Waals surface area contributed by atoms with E-state index in [1.165, 1.54) is 0 Å². The van der Waals surface area contributed by atoms with Gasteiger partial charge < -0.3 is 10.7 Å². The Morgan fingerprint density at radius 1 is 1.04 bits per heavy atom. The normalized spacial score (nSPS) is 10.2. The molecule has 0 radical (unpaired) electrons. The molecule has 0 unspecified atom stereocenters. The fourth-order valence-corrected chi connectivity index (χ4v) is 3.23. The van der Waals surface area contributed by atoms with Crippen molar-refractivity contribution in [2.24, 2.45) is 0 Å². The van der Waals surface area contributed by atoms with Crippen LogP contribution in [-0.2, 0) is 0 Å². The number of halogens is 1. The van der Waals surface area contributed by atoms with Gasteiger partial charge in [-0.15, -0.1) is 0 Å². The highest BCUT2D eigenvalue weighted by atomic mass is 79.9. The summed E-state index contributed by atoms with van der Waals surface area (Å²) in [4.78, 5) is 14.4. The van der Waals surface area contributed by atoms with E-state index in [2.05, 4.69) is 20.9 Å². The number of aromatic amines is 1. The van der Waals surface area contributed by atoms with Gasteiger partial charge in [0.15, 0.2) is 0 Å². The molecule has 0 aliphatic carbocycles. The van der Waals surface area contributed by atoms with Crippen molar-refractivity contribution in [3.63, 3.8) is 0 Å². The highest BCUT2D eigenvalue weighted by Gasteiger charge is 2.20. The van der Waals surface area contributed by atoms with E-state index in [1.54, 1.807) is 6.07 Å². The van der Waals surface area contributed by atoms with Crippen molar-refractivity contribution in [2.75, 3.05) is 5.73 Å². The number of benzene rings is 2. The van der Waals surface area contributed by atoms with E-state index in [4.69, 9.17) is 5.73 Å². The Balaban J connectivity index is 2.50. The molecule has 110 valence electrons.